The SMILES string of the molecule is Cl.O=C(CC1CCCN1)Nc1cccc(NC(=O)C2CCCCC2)c1. The third-order valence-electron chi connectivity index (χ3n) is 4.98. The monoisotopic (exact) mass is 365 g/mol. The standard InChI is InChI=1S/C19H27N3O2.ClH/c23-18(13-15-10-5-11-20-15)21-16-8-4-9-17(12-16)22-19(24)14-6-2-1-3-7-14;/h4,8-9,12,14-15,20H,1-3,5-7,10-11,13H2,(H,21,23)(H,22,24);1H. The molecule has 0 aromatic heterocycles. The highest BCUT2D eigenvalue weighted by Gasteiger charge is 2.21. The maximum atomic E-state index is 12.3. The van der Waals surface area contributed by atoms with Gasteiger partial charge >= 0.3 is 0 Å². The lowest BCUT2D eigenvalue weighted by Crippen LogP contribution is -2.27. The molecule has 1 atom stereocenters. The molecule has 1 aliphatic carbocycles. The molecule has 25 heavy (non-hydrogen) atoms. The van der Waals surface area contributed by atoms with Crippen molar-refractivity contribution >= 4 is 35.6 Å². The lowest BCUT2D eigenvalue weighted by Gasteiger charge is -2.21. The maximum Gasteiger partial charge on any atom is 0.227 e. The van der Waals surface area contributed by atoms with Gasteiger partial charge in [0.25, 0.3) is 0 Å². The highest BCUT2D eigenvalue weighted by Crippen LogP contribution is 2.25. The Morgan fingerprint density at radius 2 is 1.72 bits per heavy atom. The molecule has 2 aliphatic rings. The average molecular weight is 366 g/mol. The molecule has 1 saturated heterocycles. The zero-order valence-electron chi connectivity index (χ0n) is 14.6. The number of halogens is 1. The van der Waals surface area contributed by atoms with Gasteiger partial charge in [-0.2, -0.15) is 0 Å². The van der Waals surface area contributed by atoms with Crippen LogP contribution in [0.4, 0.5) is 11.4 Å². The summed E-state index contributed by atoms with van der Waals surface area (Å²) in [6.07, 6.45) is 8.19. The van der Waals surface area contributed by atoms with E-state index >= 15 is 0 Å². The average Bonchev–Trinajstić information content (AvgIpc) is 3.08. The number of amides is 2. The second-order valence-corrected chi connectivity index (χ2v) is 6.95. The third kappa shape index (κ3) is 6.01. The quantitative estimate of drug-likeness (QED) is 0.745. The van der Waals surface area contributed by atoms with Crippen molar-refractivity contribution in [2.75, 3.05) is 17.2 Å². The van der Waals surface area contributed by atoms with Crippen molar-refractivity contribution in [2.45, 2.75) is 57.4 Å². The summed E-state index contributed by atoms with van der Waals surface area (Å²) in [5, 5.41) is 9.26. The van der Waals surface area contributed by atoms with Gasteiger partial charge in [0.2, 0.25) is 11.8 Å². The first-order chi connectivity index (χ1) is 11.7. The predicted octanol–water partition coefficient (Wildman–Crippen LogP) is 3.71. The molecule has 1 aliphatic heterocycles. The van der Waals surface area contributed by atoms with E-state index in [1.54, 1.807) is 0 Å². The molecule has 0 bridgehead atoms. The molecule has 2 fully saturated rings. The normalized spacial score (nSPS) is 20.6. The van der Waals surface area contributed by atoms with Crippen LogP contribution in [0.25, 0.3) is 0 Å². The van der Waals surface area contributed by atoms with E-state index in [0.29, 0.717) is 12.5 Å². The first-order valence-electron chi connectivity index (χ1n) is 9.15. The lowest BCUT2D eigenvalue weighted by molar-refractivity contribution is -0.120. The van der Waals surface area contributed by atoms with Gasteiger partial charge in [0, 0.05) is 29.8 Å². The molecule has 1 unspecified atom stereocenters. The summed E-state index contributed by atoms with van der Waals surface area (Å²) in [4.78, 5) is 24.4. The summed E-state index contributed by atoms with van der Waals surface area (Å²) in [6, 6.07) is 7.71. The number of hydrogen-bond acceptors (Lipinski definition) is 3. The van der Waals surface area contributed by atoms with Crippen molar-refractivity contribution in [2.24, 2.45) is 5.92 Å². The predicted molar refractivity (Wildman–Crippen MR) is 103 cm³/mol. The summed E-state index contributed by atoms with van der Waals surface area (Å²) in [5.41, 5.74) is 1.49. The smallest absolute Gasteiger partial charge is 0.227 e. The molecule has 0 spiro atoms. The van der Waals surface area contributed by atoms with Crippen LogP contribution in [0.3, 0.4) is 0 Å². The lowest BCUT2D eigenvalue weighted by atomic mass is 9.88. The van der Waals surface area contributed by atoms with Crippen LogP contribution in [-0.4, -0.2) is 24.4 Å². The van der Waals surface area contributed by atoms with Gasteiger partial charge < -0.3 is 16.0 Å². The molecular formula is C19H28ClN3O2. The van der Waals surface area contributed by atoms with E-state index in [1.165, 1.54) is 6.42 Å². The van der Waals surface area contributed by atoms with Gasteiger partial charge in [-0.25, -0.2) is 0 Å². The number of benzene rings is 1. The Hall–Kier alpha value is -1.59. The van der Waals surface area contributed by atoms with E-state index in [-0.39, 0.29) is 30.1 Å². The third-order valence-corrected chi connectivity index (χ3v) is 4.98. The van der Waals surface area contributed by atoms with E-state index in [0.717, 1.165) is 56.4 Å². The Kier molecular flexibility index (Phi) is 7.72. The fourth-order valence-electron chi connectivity index (χ4n) is 3.65. The molecule has 1 aromatic rings. The minimum absolute atomic E-state index is 0. The number of nitrogens with one attached hydrogen (secondary N) is 3. The van der Waals surface area contributed by atoms with Crippen LogP contribution < -0.4 is 16.0 Å². The summed E-state index contributed by atoms with van der Waals surface area (Å²) in [6.45, 7) is 1.00. The molecule has 1 aromatic carbocycles. The Bertz CT molecular complexity index is 582. The van der Waals surface area contributed by atoms with Gasteiger partial charge in [0.05, 0.1) is 0 Å². The zero-order chi connectivity index (χ0) is 16.8. The first kappa shape index (κ1) is 19.7. The van der Waals surface area contributed by atoms with Gasteiger partial charge in [-0.1, -0.05) is 25.3 Å². The van der Waals surface area contributed by atoms with Crippen LogP contribution in [0.1, 0.15) is 51.4 Å². The van der Waals surface area contributed by atoms with E-state index < -0.39 is 0 Å². The largest absolute Gasteiger partial charge is 0.326 e. The van der Waals surface area contributed by atoms with E-state index in [4.69, 9.17) is 0 Å². The number of carbonyl (C=O) groups excluding carboxylic acids is 2. The molecule has 138 valence electrons. The van der Waals surface area contributed by atoms with Crippen LogP contribution in [0.15, 0.2) is 24.3 Å². The van der Waals surface area contributed by atoms with Crippen LogP contribution in [0, 0.1) is 5.92 Å². The van der Waals surface area contributed by atoms with Crippen molar-refractivity contribution in [1.29, 1.82) is 0 Å². The zero-order valence-corrected chi connectivity index (χ0v) is 15.4. The number of hydrogen-bond donors (Lipinski definition) is 3. The molecule has 1 saturated carbocycles. The van der Waals surface area contributed by atoms with Gasteiger partial charge in [0.1, 0.15) is 0 Å². The van der Waals surface area contributed by atoms with E-state index in [1.807, 2.05) is 24.3 Å². The summed E-state index contributed by atoms with van der Waals surface area (Å²) in [7, 11) is 0. The topological polar surface area (TPSA) is 70.2 Å². The van der Waals surface area contributed by atoms with Gasteiger partial charge in [0.15, 0.2) is 0 Å². The maximum absolute atomic E-state index is 12.3. The first-order valence-corrected chi connectivity index (χ1v) is 9.15. The fourth-order valence-corrected chi connectivity index (χ4v) is 3.65. The van der Waals surface area contributed by atoms with Crippen LogP contribution in [-0.2, 0) is 9.59 Å². The molecule has 0 radical (unpaired) electrons. The van der Waals surface area contributed by atoms with E-state index in [2.05, 4.69) is 16.0 Å². The Labute approximate surface area is 155 Å². The Morgan fingerprint density at radius 3 is 2.40 bits per heavy atom. The van der Waals surface area contributed by atoms with Crippen LogP contribution in [0.2, 0.25) is 0 Å². The van der Waals surface area contributed by atoms with E-state index in [9.17, 15) is 9.59 Å². The van der Waals surface area contributed by atoms with Crippen molar-refractivity contribution in [1.82, 2.24) is 5.32 Å². The number of anilines is 2. The minimum Gasteiger partial charge on any atom is -0.326 e. The number of rotatable bonds is 5. The molecule has 5 nitrogen and oxygen atoms in total. The second kappa shape index (κ2) is 9.78. The number of carbonyl (C=O) groups is 2. The van der Waals surface area contributed by atoms with Crippen molar-refractivity contribution in [3.05, 3.63) is 24.3 Å². The highest BCUT2D eigenvalue weighted by atomic mass is 35.5. The van der Waals surface area contributed by atoms with Crippen molar-refractivity contribution in [3.63, 3.8) is 0 Å². The molecule has 1 heterocycles. The molecule has 6 heteroatoms. The van der Waals surface area contributed by atoms with Crippen molar-refractivity contribution < 1.29 is 9.59 Å². The Morgan fingerprint density at radius 1 is 1.00 bits per heavy atom. The second-order valence-electron chi connectivity index (χ2n) is 6.95. The molecule has 3 rings (SSSR count). The van der Waals surface area contributed by atoms with Crippen LogP contribution in [0.5, 0.6) is 0 Å². The Balaban J connectivity index is 0.00000225. The fraction of sp³-hybridized carbons (Fsp3) is 0.579. The summed E-state index contributed by atoms with van der Waals surface area (Å²) < 4.78 is 0. The van der Waals surface area contributed by atoms with Crippen LogP contribution >= 0.6 is 12.4 Å². The summed E-state index contributed by atoms with van der Waals surface area (Å²) in [5.74, 6) is 0.254. The molecule has 3 N–H and O–H groups in total. The minimum atomic E-state index is 0. The van der Waals surface area contributed by atoms with Gasteiger partial charge in [-0.15, -0.1) is 12.4 Å². The molecular weight excluding hydrogens is 338 g/mol. The molecule has 2 amide bonds. The highest BCUT2D eigenvalue weighted by molar-refractivity contribution is 5.95. The van der Waals surface area contributed by atoms with Crippen molar-refractivity contribution in [3.8, 4) is 0 Å². The summed E-state index contributed by atoms with van der Waals surface area (Å²) >= 11 is 0. The van der Waals surface area contributed by atoms with Gasteiger partial charge in [-0.05, 0) is 50.4 Å². The van der Waals surface area contributed by atoms with Gasteiger partial charge in [-0.3, -0.25) is 9.59 Å².